The topological polar surface area (TPSA) is 29.1 Å². The molecule has 1 aromatic carbocycles. The maximum absolute atomic E-state index is 12.3. The van der Waals surface area contributed by atoms with Crippen molar-refractivity contribution in [2.75, 3.05) is 13.1 Å². The molecule has 0 amide bonds. The van der Waals surface area contributed by atoms with Crippen molar-refractivity contribution in [1.82, 2.24) is 5.32 Å². The van der Waals surface area contributed by atoms with Crippen molar-refractivity contribution in [3.8, 4) is 0 Å². The second-order valence-electron chi connectivity index (χ2n) is 5.26. The van der Waals surface area contributed by atoms with E-state index in [-0.39, 0.29) is 0 Å². The van der Waals surface area contributed by atoms with Gasteiger partial charge in [0.25, 0.3) is 0 Å². The first kappa shape index (κ1) is 12.3. The quantitative estimate of drug-likeness (QED) is 0.810. The zero-order chi connectivity index (χ0) is 12.4. The molecule has 1 saturated heterocycles. The van der Waals surface area contributed by atoms with Gasteiger partial charge in [0.15, 0.2) is 5.78 Å². The van der Waals surface area contributed by atoms with E-state index in [0.717, 1.165) is 36.2 Å². The number of hydrogen-bond acceptors (Lipinski definition) is 2. The molecular weight excluding hydrogens is 210 g/mol. The Hall–Kier alpha value is -1.15. The Labute approximate surface area is 103 Å². The normalized spacial score (nSPS) is 19.6. The standard InChI is InChI=1S/C15H21NO/c1-10-6-11(2)15(12(3)7-10)14(17)8-13-4-5-16-9-13/h6-7,13,16H,4-5,8-9H2,1-3H3. The molecule has 0 saturated carbocycles. The van der Waals surface area contributed by atoms with Crippen LogP contribution in [0.4, 0.5) is 0 Å². The summed E-state index contributed by atoms with van der Waals surface area (Å²) < 4.78 is 0. The third kappa shape index (κ3) is 2.75. The Bertz CT molecular complexity index is 408. The maximum atomic E-state index is 12.3. The van der Waals surface area contributed by atoms with Crippen LogP contribution in [0.25, 0.3) is 0 Å². The fraction of sp³-hybridized carbons (Fsp3) is 0.533. The minimum atomic E-state index is 0.314. The summed E-state index contributed by atoms with van der Waals surface area (Å²) in [4.78, 5) is 12.3. The molecule has 92 valence electrons. The van der Waals surface area contributed by atoms with Gasteiger partial charge in [-0.3, -0.25) is 4.79 Å². The number of carbonyl (C=O) groups is 1. The van der Waals surface area contributed by atoms with Gasteiger partial charge in [-0.15, -0.1) is 0 Å². The summed E-state index contributed by atoms with van der Waals surface area (Å²) in [5.41, 5.74) is 4.43. The first-order chi connectivity index (χ1) is 8.08. The molecule has 0 aromatic heterocycles. The largest absolute Gasteiger partial charge is 0.316 e. The highest BCUT2D eigenvalue weighted by atomic mass is 16.1. The van der Waals surface area contributed by atoms with Crippen LogP contribution in [0.5, 0.6) is 0 Å². The van der Waals surface area contributed by atoms with Crippen molar-refractivity contribution in [3.05, 3.63) is 34.4 Å². The smallest absolute Gasteiger partial charge is 0.163 e. The zero-order valence-electron chi connectivity index (χ0n) is 11.0. The van der Waals surface area contributed by atoms with Crippen LogP contribution in [0.15, 0.2) is 12.1 Å². The molecule has 1 atom stereocenters. The van der Waals surface area contributed by atoms with Gasteiger partial charge in [-0.1, -0.05) is 17.7 Å². The molecule has 2 heteroatoms. The van der Waals surface area contributed by atoms with Crippen LogP contribution < -0.4 is 5.32 Å². The number of Topliss-reactive ketones (excluding diaryl/α,β-unsaturated/α-hetero) is 1. The SMILES string of the molecule is Cc1cc(C)c(C(=O)CC2CCNC2)c(C)c1. The van der Waals surface area contributed by atoms with E-state index in [2.05, 4.69) is 24.4 Å². The van der Waals surface area contributed by atoms with Gasteiger partial charge in [-0.2, -0.15) is 0 Å². The number of carbonyl (C=O) groups excluding carboxylic acids is 1. The predicted octanol–water partition coefficient (Wildman–Crippen LogP) is 2.79. The molecule has 2 nitrogen and oxygen atoms in total. The average molecular weight is 231 g/mol. The Morgan fingerprint density at radius 2 is 1.94 bits per heavy atom. The van der Waals surface area contributed by atoms with E-state index >= 15 is 0 Å². The lowest BCUT2D eigenvalue weighted by molar-refractivity contribution is 0.0963. The summed E-state index contributed by atoms with van der Waals surface area (Å²) >= 11 is 0. The summed E-state index contributed by atoms with van der Waals surface area (Å²) in [6.07, 6.45) is 1.83. The highest BCUT2D eigenvalue weighted by molar-refractivity contribution is 5.99. The van der Waals surface area contributed by atoms with Gasteiger partial charge >= 0.3 is 0 Å². The number of ketones is 1. The lowest BCUT2D eigenvalue weighted by Gasteiger charge is -2.12. The summed E-state index contributed by atoms with van der Waals surface area (Å²) in [5, 5.41) is 3.32. The van der Waals surface area contributed by atoms with Gasteiger partial charge in [-0.05, 0) is 57.3 Å². The molecule has 0 spiro atoms. The van der Waals surface area contributed by atoms with E-state index < -0.39 is 0 Å². The van der Waals surface area contributed by atoms with E-state index in [9.17, 15) is 4.79 Å². The summed E-state index contributed by atoms with van der Waals surface area (Å²) in [6, 6.07) is 4.21. The van der Waals surface area contributed by atoms with Crippen LogP contribution in [0.3, 0.4) is 0 Å². The highest BCUT2D eigenvalue weighted by Crippen LogP contribution is 2.22. The third-order valence-corrected chi connectivity index (χ3v) is 3.59. The number of nitrogens with one attached hydrogen (secondary N) is 1. The van der Waals surface area contributed by atoms with Gasteiger partial charge in [0.2, 0.25) is 0 Å². The van der Waals surface area contributed by atoms with Gasteiger partial charge < -0.3 is 5.32 Å². The Morgan fingerprint density at radius 3 is 2.47 bits per heavy atom. The summed E-state index contributed by atoms with van der Waals surface area (Å²) in [7, 11) is 0. The molecular formula is C15H21NO. The molecule has 1 aliphatic rings. The molecule has 0 aliphatic carbocycles. The van der Waals surface area contributed by atoms with Crippen LogP contribution in [-0.4, -0.2) is 18.9 Å². The molecule has 1 N–H and O–H groups in total. The highest BCUT2D eigenvalue weighted by Gasteiger charge is 2.21. The maximum Gasteiger partial charge on any atom is 0.163 e. The molecule has 17 heavy (non-hydrogen) atoms. The van der Waals surface area contributed by atoms with Crippen LogP contribution >= 0.6 is 0 Å². The minimum Gasteiger partial charge on any atom is -0.316 e. The van der Waals surface area contributed by atoms with Gasteiger partial charge in [0, 0.05) is 12.0 Å². The fourth-order valence-electron chi connectivity index (χ4n) is 2.87. The number of aryl methyl sites for hydroxylation is 3. The number of benzene rings is 1. The lowest BCUT2D eigenvalue weighted by atomic mass is 9.91. The second kappa shape index (κ2) is 5.01. The molecule has 1 aromatic rings. The van der Waals surface area contributed by atoms with Crippen molar-refractivity contribution in [1.29, 1.82) is 0 Å². The molecule has 1 heterocycles. The Morgan fingerprint density at radius 1 is 1.29 bits per heavy atom. The zero-order valence-corrected chi connectivity index (χ0v) is 11.0. The van der Waals surface area contributed by atoms with E-state index in [4.69, 9.17) is 0 Å². The molecule has 2 rings (SSSR count). The van der Waals surface area contributed by atoms with E-state index in [1.54, 1.807) is 0 Å². The average Bonchev–Trinajstić information content (AvgIpc) is 2.68. The van der Waals surface area contributed by atoms with E-state index in [1.165, 1.54) is 5.56 Å². The third-order valence-electron chi connectivity index (χ3n) is 3.59. The van der Waals surface area contributed by atoms with E-state index in [1.807, 2.05) is 13.8 Å². The predicted molar refractivity (Wildman–Crippen MR) is 70.6 cm³/mol. The van der Waals surface area contributed by atoms with Crippen molar-refractivity contribution in [3.63, 3.8) is 0 Å². The molecule has 1 fully saturated rings. The molecule has 0 bridgehead atoms. The van der Waals surface area contributed by atoms with Crippen LogP contribution in [-0.2, 0) is 0 Å². The van der Waals surface area contributed by atoms with Gasteiger partial charge in [0.05, 0.1) is 0 Å². The summed E-state index contributed by atoms with van der Waals surface area (Å²) in [5.74, 6) is 0.844. The number of hydrogen-bond donors (Lipinski definition) is 1. The van der Waals surface area contributed by atoms with E-state index in [0.29, 0.717) is 18.1 Å². The minimum absolute atomic E-state index is 0.314. The lowest BCUT2D eigenvalue weighted by Crippen LogP contribution is -2.14. The molecule has 1 unspecified atom stereocenters. The first-order valence-electron chi connectivity index (χ1n) is 6.39. The van der Waals surface area contributed by atoms with Crippen molar-refractivity contribution in [2.24, 2.45) is 5.92 Å². The summed E-state index contributed by atoms with van der Waals surface area (Å²) in [6.45, 7) is 8.22. The molecule has 1 aliphatic heterocycles. The fourth-order valence-corrected chi connectivity index (χ4v) is 2.87. The van der Waals surface area contributed by atoms with Crippen LogP contribution in [0, 0.1) is 26.7 Å². The molecule has 0 radical (unpaired) electrons. The number of rotatable bonds is 3. The van der Waals surface area contributed by atoms with Crippen molar-refractivity contribution >= 4 is 5.78 Å². The van der Waals surface area contributed by atoms with Crippen molar-refractivity contribution in [2.45, 2.75) is 33.6 Å². The first-order valence-corrected chi connectivity index (χ1v) is 6.39. The van der Waals surface area contributed by atoms with Gasteiger partial charge in [-0.25, -0.2) is 0 Å². The van der Waals surface area contributed by atoms with Gasteiger partial charge in [0.1, 0.15) is 0 Å². The second-order valence-corrected chi connectivity index (χ2v) is 5.26. The monoisotopic (exact) mass is 231 g/mol. The van der Waals surface area contributed by atoms with Crippen molar-refractivity contribution < 1.29 is 4.79 Å². The Balaban J connectivity index is 2.18. The Kier molecular flexibility index (Phi) is 3.63. The van der Waals surface area contributed by atoms with Crippen LogP contribution in [0.1, 0.15) is 39.9 Å². The van der Waals surface area contributed by atoms with Crippen LogP contribution in [0.2, 0.25) is 0 Å².